The van der Waals surface area contributed by atoms with E-state index in [1.165, 1.54) is 0 Å². The summed E-state index contributed by atoms with van der Waals surface area (Å²) in [5.41, 5.74) is 0.210. The van der Waals surface area contributed by atoms with Gasteiger partial charge in [0.1, 0.15) is 11.5 Å². The summed E-state index contributed by atoms with van der Waals surface area (Å²) in [6.07, 6.45) is -4.61. The van der Waals surface area contributed by atoms with Gasteiger partial charge in [-0.3, -0.25) is 38.6 Å². The van der Waals surface area contributed by atoms with Gasteiger partial charge in [-0.05, 0) is 37.0 Å². The van der Waals surface area contributed by atoms with Gasteiger partial charge in [0, 0.05) is 24.6 Å². The Bertz CT molecular complexity index is 1420. The van der Waals surface area contributed by atoms with Crippen molar-refractivity contribution in [1.82, 2.24) is 9.80 Å². The Morgan fingerprint density at radius 2 is 1.43 bits per heavy atom. The Morgan fingerprint density at radius 3 is 2.00 bits per heavy atom. The third-order valence-corrected chi connectivity index (χ3v) is 8.50. The highest BCUT2D eigenvalue weighted by Crippen LogP contribution is 2.59. The molecule has 2 heterocycles. The predicted octanol–water partition coefficient (Wildman–Crippen LogP) is 1.88. The fraction of sp³-hybridized carbons (Fsp3) is 0.481. The van der Waals surface area contributed by atoms with Crippen molar-refractivity contribution in [2.45, 2.75) is 38.0 Å². The Kier molecular flexibility index (Phi) is 7.23. The number of benzene rings is 1. The van der Waals surface area contributed by atoms with Gasteiger partial charge in [-0.25, -0.2) is 0 Å². The molecule has 1 aromatic carbocycles. The van der Waals surface area contributed by atoms with Crippen molar-refractivity contribution in [2.75, 3.05) is 13.1 Å². The minimum atomic E-state index is -5.08. The molecule has 3 fully saturated rings. The van der Waals surface area contributed by atoms with Crippen LogP contribution in [0.2, 0.25) is 0 Å². The number of hydrogen-bond donors (Lipinski definition) is 3. The van der Waals surface area contributed by atoms with Crippen molar-refractivity contribution < 1.29 is 62.0 Å². The van der Waals surface area contributed by atoms with E-state index in [4.69, 9.17) is 10.2 Å². The first-order valence-electron chi connectivity index (χ1n) is 13.1. The molecule has 2 aliphatic carbocycles. The number of phenols is 1. The number of aromatic hydroxyl groups is 1. The summed E-state index contributed by atoms with van der Waals surface area (Å²) in [4.78, 5) is 77.6. The number of carbonyl (C=O) groups is 6. The Hall–Kier alpha value is -4.43. The molecule has 5 rings (SSSR count). The van der Waals surface area contributed by atoms with E-state index in [1.54, 1.807) is 6.08 Å². The monoisotopic (exact) mass is 594 g/mol. The maximum atomic E-state index is 13.6. The lowest BCUT2D eigenvalue weighted by molar-refractivity contribution is -0.274. The largest absolute Gasteiger partial charge is 0.573 e. The maximum Gasteiger partial charge on any atom is 0.573 e. The number of carbonyl (C=O) groups excluding carboxylic acids is 4. The highest BCUT2D eigenvalue weighted by atomic mass is 19.4. The molecular formula is C27H25F3N2O10. The molecule has 12 nitrogen and oxygen atoms in total. The fourth-order valence-electron chi connectivity index (χ4n) is 6.90. The summed E-state index contributed by atoms with van der Waals surface area (Å²) in [6, 6.07) is 2.72. The van der Waals surface area contributed by atoms with Gasteiger partial charge < -0.3 is 20.1 Å². The van der Waals surface area contributed by atoms with E-state index in [0.717, 1.165) is 28.0 Å². The molecule has 224 valence electrons. The van der Waals surface area contributed by atoms with Crippen molar-refractivity contribution in [3.63, 3.8) is 0 Å². The number of amides is 4. The normalized spacial score (nSPS) is 28.8. The van der Waals surface area contributed by atoms with Gasteiger partial charge in [0.15, 0.2) is 0 Å². The van der Waals surface area contributed by atoms with Gasteiger partial charge in [0.05, 0.1) is 36.5 Å². The molecule has 0 radical (unpaired) electrons. The Morgan fingerprint density at radius 1 is 0.857 bits per heavy atom. The number of halogens is 3. The first kappa shape index (κ1) is 29.1. The first-order chi connectivity index (χ1) is 19.7. The molecule has 0 aromatic heterocycles. The third-order valence-electron chi connectivity index (χ3n) is 8.50. The van der Waals surface area contributed by atoms with E-state index in [-0.39, 0.29) is 24.9 Å². The number of nitrogens with zero attached hydrogens (tertiary/aromatic N) is 2. The van der Waals surface area contributed by atoms with Crippen LogP contribution in [0.3, 0.4) is 0 Å². The number of alkyl halides is 3. The van der Waals surface area contributed by atoms with Gasteiger partial charge in [-0.1, -0.05) is 11.6 Å². The lowest BCUT2D eigenvalue weighted by Gasteiger charge is -2.44. The summed E-state index contributed by atoms with van der Waals surface area (Å²) < 4.78 is 43.1. The lowest BCUT2D eigenvalue weighted by Crippen LogP contribution is -2.43. The van der Waals surface area contributed by atoms with E-state index < -0.39 is 108 Å². The molecule has 2 aliphatic heterocycles. The maximum absolute atomic E-state index is 13.6. The fourth-order valence-corrected chi connectivity index (χ4v) is 6.90. The number of ether oxygens (including phenoxy) is 1. The van der Waals surface area contributed by atoms with Gasteiger partial charge in [0.25, 0.3) is 0 Å². The zero-order valence-corrected chi connectivity index (χ0v) is 21.7. The van der Waals surface area contributed by atoms with Gasteiger partial charge >= 0.3 is 18.3 Å². The van der Waals surface area contributed by atoms with Crippen LogP contribution in [0.4, 0.5) is 13.2 Å². The number of allylic oxidation sites excluding steroid dienone is 2. The van der Waals surface area contributed by atoms with E-state index >= 15 is 0 Å². The van der Waals surface area contributed by atoms with Gasteiger partial charge in [-0.2, -0.15) is 0 Å². The van der Waals surface area contributed by atoms with E-state index in [9.17, 15) is 47.0 Å². The number of phenolic OH excluding ortho intramolecular Hbond substituents is 1. The second-order valence-corrected chi connectivity index (χ2v) is 10.7. The van der Waals surface area contributed by atoms with E-state index in [1.807, 2.05) is 0 Å². The van der Waals surface area contributed by atoms with Crippen molar-refractivity contribution in [3.8, 4) is 11.5 Å². The van der Waals surface area contributed by atoms with Crippen molar-refractivity contribution in [1.29, 1.82) is 0 Å². The van der Waals surface area contributed by atoms with Crippen LogP contribution in [-0.4, -0.2) is 80.1 Å². The number of aliphatic carboxylic acids is 2. The molecule has 1 aromatic rings. The van der Waals surface area contributed by atoms with E-state index in [0.29, 0.717) is 5.57 Å². The molecule has 15 heteroatoms. The number of carboxylic acids is 2. The number of likely N-dealkylation sites (tertiary alicyclic amines) is 2. The zero-order valence-electron chi connectivity index (χ0n) is 21.7. The summed E-state index contributed by atoms with van der Waals surface area (Å²) in [7, 11) is 0. The van der Waals surface area contributed by atoms with Crippen LogP contribution in [0.15, 0.2) is 29.8 Å². The SMILES string of the molecule is O=C(O)CCN1C(=O)[C@H]2[C@H](CC=C3[C@H]2C[C@H]2C(=O)N(CCC(=O)O)C(=O)[C@H]2[C@H]3c2cc(OC(F)(F)F)ccc2O)C1=O. The average Bonchev–Trinajstić information content (AvgIpc) is 3.29. The molecule has 0 spiro atoms. The quantitative estimate of drug-likeness (QED) is 0.297. The van der Waals surface area contributed by atoms with Crippen LogP contribution >= 0.6 is 0 Å². The van der Waals surface area contributed by atoms with Crippen molar-refractivity contribution >= 4 is 35.6 Å². The predicted molar refractivity (Wildman–Crippen MR) is 130 cm³/mol. The summed E-state index contributed by atoms with van der Waals surface area (Å²) in [5.74, 6) is -12.7. The molecule has 4 amide bonds. The van der Waals surface area contributed by atoms with Crippen LogP contribution in [-0.2, 0) is 28.8 Å². The lowest BCUT2D eigenvalue weighted by atomic mass is 9.57. The van der Waals surface area contributed by atoms with Gasteiger partial charge in [0.2, 0.25) is 23.6 Å². The highest BCUT2D eigenvalue weighted by Gasteiger charge is 2.62. The molecule has 2 saturated heterocycles. The van der Waals surface area contributed by atoms with E-state index in [2.05, 4.69) is 4.74 Å². The number of imide groups is 2. The van der Waals surface area contributed by atoms with Crippen molar-refractivity contribution in [3.05, 3.63) is 35.4 Å². The number of carboxylic acid groups (broad SMARTS) is 2. The second kappa shape index (κ2) is 10.4. The average molecular weight is 594 g/mol. The van der Waals surface area contributed by atoms with Crippen molar-refractivity contribution in [2.24, 2.45) is 29.6 Å². The summed E-state index contributed by atoms with van der Waals surface area (Å²) in [6.45, 7) is -0.818. The van der Waals surface area contributed by atoms with Crippen LogP contribution in [0.25, 0.3) is 0 Å². The number of fused-ring (bicyclic) bond motifs is 4. The second-order valence-electron chi connectivity index (χ2n) is 10.7. The molecule has 1 saturated carbocycles. The first-order valence-corrected chi connectivity index (χ1v) is 13.1. The summed E-state index contributed by atoms with van der Waals surface area (Å²) >= 11 is 0. The third kappa shape index (κ3) is 4.96. The molecular weight excluding hydrogens is 569 g/mol. The number of rotatable bonds is 8. The van der Waals surface area contributed by atoms with Crippen LogP contribution in [0.1, 0.15) is 37.2 Å². The molecule has 6 atom stereocenters. The van der Waals surface area contributed by atoms with Crippen LogP contribution < -0.4 is 4.74 Å². The Labute approximate surface area is 235 Å². The minimum absolute atomic E-state index is 0.00288. The zero-order chi connectivity index (χ0) is 30.7. The Balaban J connectivity index is 1.60. The topological polar surface area (TPSA) is 179 Å². The standard InChI is InChI=1S/C27H25F3N2O10/c28-27(29,30)42-11-1-4-17(33)15(9-11)20-12-2-3-13-21(25(40)31(23(13)38)7-5-18(34)35)14(12)10-16-22(20)26(41)32(24(16)39)8-6-19(36)37/h1-2,4,9,13-14,16,20-22,33H,3,5-8,10H2,(H,34,35)(H,36,37)/t13-,14+,16+,20+,21-,22+/m0/s1. The molecule has 3 N–H and O–H groups in total. The smallest absolute Gasteiger partial charge is 0.508 e. The van der Waals surface area contributed by atoms with Crippen LogP contribution in [0.5, 0.6) is 11.5 Å². The molecule has 0 unspecified atom stereocenters. The number of hydrogen-bond acceptors (Lipinski definition) is 8. The highest BCUT2D eigenvalue weighted by molar-refractivity contribution is 6.08. The van der Waals surface area contributed by atoms with Crippen LogP contribution in [0, 0.1) is 29.6 Å². The summed E-state index contributed by atoms with van der Waals surface area (Å²) in [5, 5.41) is 29.0. The minimum Gasteiger partial charge on any atom is -0.508 e. The molecule has 0 bridgehead atoms. The molecule has 4 aliphatic rings. The molecule has 42 heavy (non-hydrogen) atoms. The van der Waals surface area contributed by atoms with Gasteiger partial charge in [-0.15, -0.1) is 13.2 Å².